The number of hydrogen-bond donors (Lipinski definition) is 0. The van der Waals surface area contributed by atoms with Crippen LogP contribution in [0.3, 0.4) is 0 Å². The third kappa shape index (κ3) is 1.94. The van der Waals surface area contributed by atoms with Crippen molar-refractivity contribution in [1.82, 2.24) is 0 Å². The van der Waals surface area contributed by atoms with Crippen molar-refractivity contribution in [3.05, 3.63) is 33.4 Å². The molecule has 0 aromatic heterocycles. The van der Waals surface area contributed by atoms with Crippen LogP contribution in [0.1, 0.15) is 54.2 Å². The average Bonchev–Trinajstić information content (AvgIpc) is 2.43. The van der Waals surface area contributed by atoms with Crippen LogP contribution in [-0.2, 0) is 19.3 Å². The molecule has 0 bridgehead atoms. The van der Waals surface area contributed by atoms with Gasteiger partial charge >= 0.3 is 0 Å². The van der Waals surface area contributed by atoms with Gasteiger partial charge in [-0.15, -0.1) is 0 Å². The third-order valence-electron chi connectivity index (χ3n) is 3.21. The summed E-state index contributed by atoms with van der Waals surface area (Å²) in [7, 11) is 0. The molecule has 1 rings (SSSR count). The molecule has 0 aliphatic rings. The van der Waals surface area contributed by atoms with Gasteiger partial charge in [0, 0.05) is 0 Å². The molecule has 0 aliphatic heterocycles. The first-order valence-corrected chi connectivity index (χ1v) is 6.10. The number of hydrogen-bond acceptors (Lipinski definition) is 3. The van der Waals surface area contributed by atoms with Gasteiger partial charge in [0.25, 0.3) is 0 Å². The number of benzene rings is 1. The van der Waals surface area contributed by atoms with Gasteiger partial charge in [0.2, 0.25) is 0 Å². The van der Waals surface area contributed by atoms with E-state index >= 15 is 0 Å². The van der Waals surface area contributed by atoms with E-state index in [0.29, 0.717) is 36.0 Å². The zero-order valence-electron chi connectivity index (χ0n) is 11.0. The summed E-state index contributed by atoms with van der Waals surface area (Å²) in [6.45, 7) is 5.80. The van der Waals surface area contributed by atoms with Crippen molar-refractivity contribution in [2.75, 3.05) is 0 Å². The Hall–Kier alpha value is -2.31. The number of nitriles is 3. The quantitative estimate of drug-likeness (QED) is 0.811. The van der Waals surface area contributed by atoms with Crippen LogP contribution in [0, 0.1) is 34.0 Å². The van der Waals surface area contributed by atoms with Crippen molar-refractivity contribution >= 4 is 0 Å². The summed E-state index contributed by atoms with van der Waals surface area (Å²) < 4.78 is 0. The molecule has 1 aromatic rings. The normalized spacial score (nSPS) is 9.33. The first kappa shape index (κ1) is 13.8. The van der Waals surface area contributed by atoms with E-state index in [-0.39, 0.29) is 0 Å². The molecule has 3 nitrogen and oxygen atoms in total. The minimum atomic E-state index is 0.519. The second-order valence-electron chi connectivity index (χ2n) is 3.96. The summed E-state index contributed by atoms with van der Waals surface area (Å²) >= 11 is 0. The minimum absolute atomic E-state index is 0.519. The highest BCUT2D eigenvalue weighted by Crippen LogP contribution is 2.28. The van der Waals surface area contributed by atoms with Crippen LogP contribution in [0.15, 0.2) is 0 Å². The lowest BCUT2D eigenvalue weighted by Crippen LogP contribution is -2.07. The summed E-state index contributed by atoms with van der Waals surface area (Å²) in [5, 5.41) is 27.9. The molecule has 3 heteroatoms. The van der Waals surface area contributed by atoms with E-state index in [1.807, 2.05) is 20.8 Å². The highest BCUT2D eigenvalue weighted by Gasteiger charge is 2.20. The minimum Gasteiger partial charge on any atom is -0.192 e. The Balaban J connectivity index is 3.95. The van der Waals surface area contributed by atoms with Crippen LogP contribution in [0.4, 0.5) is 0 Å². The van der Waals surface area contributed by atoms with Crippen molar-refractivity contribution in [3.8, 4) is 18.2 Å². The Morgan fingerprint density at radius 1 is 0.611 bits per heavy atom. The number of rotatable bonds is 3. The van der Waals surface area contributed by atoms with Gasteiger partial charge < -0.3 is 0 Å². The van der Waals surface area contributed by atoms with Crippen molar-refractivity contribution in [2.45, 2.75) is 40.0 Å². The molecule has 1 aromatic carbocycles. The zero-order valence-corrected chi connectivity index (χ0v) is 11.0. The van der Waals surface area contributed by atoms with E-state index in [2.05, 4.69) is 18.2 Å². The molecule has 0 saturated heterocycles. The monoisotopic (exact) mass is 237 g/mol. The van der Waals surface area contributed by atoms with Gasteiger partial charge in [0.15, 0.2) is 0 Å². The topological polar surface area (TPSA) is 71.4 Å². The van der Waals surface area contributed by atoms with E-state index < -0.39 is 0 Å². The Labute approximate surface area is 108 Å². The van der Waals surface area contributed by atoms with Crippen LogP contribution in [0.2, 0.25) is 0 Å². The van der Waals surface area contributed by atoms with E-state index in [1.165, 1.54) is 0 Å². The Kier molecular flexibility index (Phi) is 4.47. The van der Waals surface area contributed by atoms with Crippen LogP contribution in [0.5, 0.6) is 0 Å². The maximum atomic E-state index is 9.30. The Bertz CT molecular complexity index is 485. The maximum absolute atomic E-state index is 9.30. The zero-order chi connectivity index (χ0) is 13.7. The van der Waals surface area contributed by atoms with Crippen LogP contribution in [0.25, 0.3) is 0 Å². The van der Waals surface area contributed by atoms with Crippen LogP contribution < -0.4 is 0 Å². The van der Waals surface area contributed by atoms with Crippen LogP contribution in [-0.4, -0.2) is 0 Å². The Morgan fingerprint density at radius 2 is 0.833 bits per heavy atom. The van der Waals surface area contributed by atoms with Gasteiger partial charge in [-0.3, -0.25) is 0 Å². The van der Waals surface area contributed by atoms with Gasteiger partial charge in [0.1, 0.15) is 0 Å². The first-order chi connectivity index (χ1) is 8.69. The van der Waals surface area contributed by atoms with Crippen molar-refractivity contribution in [1.29, 1.82) is 15.8 Å². The fraction of sp³-hybridized carbons (Fsp3) is 0.400. The second kappa shape index (κ2) is 5.85. The summed E-state index contributed by atoms with van der Waals surface area (Å²) in [6, 6.07) is 6.49. The fourth-order valence-electron chi connectivity index (χ4n) is 2.39. The molecule has 0 spiro atoms. The summed E-state index contributed by atoms with van der Waals surface area (Å²) in [5.74, 6) is 0. The fourth-order valence-corrected chi connectivity index (χ4v) is 2.39. The Morgan fingerprint density at radius 3 is 0.944 bits per heavy atom. The average molecular weight is 237 g/mol. The molecule has 0 aliphatic carbocycles. The highest BCUT2D eigenvalue weighted by atomic mass is 14.3. The van der Waals surface area contributed by atoms with Crippen LogP contribution >= 0.6 is 0 Å². The van der Waals surface area contributed by atoms with E-state index in [9.17, 15) is 15.8 Å². The van der Waals surface area contributed by atoms with Gasteiger partial charge in [-0.1, -0.05) is 20.8 Å². The summed E-state index contributed by atoms with van der Waals surface area (Å²) in [4.78, 5) is 0. The summed E-state index contributed by atoms with van der Waals surface area (Å²) in [5.41, 5.74) is 3.91. The highest BCUT2D eigenvalue weighted by molar-refractivity contribution is 5.64. The lowest BCUT2D eigenvalue weighted by molar-refractivity contribution is 1.01. The summed E-state index contributed by atoms with van der Waals surface area (Å²) in [6.07, 6.45) is 1.91. The first-order valence-electron chi connectivity index (χ1n) is 6.10. The molecule has 0 unspecified atom stereocenters. The van der Waals surface area contributed by atoms with Gasteiger partial charge in [-0.2, -0.15) is 15.8 Å². The van der Waals surface area contributed by atoms with E-state index in [1.54, 1.807) is 0 Å². The third-order valence-corrected chi connectivity index (χ3v) is 3.21. The largest absolute Gasteiger partial charge is 0.192 e. The van der Waals surface area contributed by atoms with Gasteiger partial charge in [-0.25, -0.2) is 0 Å². The standard InChI is InChI=1S/C15H15N3/c1-4-10-13(7-16)11(5-2)15(9-18)12(6-3)14(10)8-17/h4-6H2,1-3H3. The molecule has 0 saturated carbocycles. The molecule has 0 atom stereocenters. The molecular formula is C15H15N3. The van der Waals surface area contributed by atoms with Gasteiger partial charge in [0.05, 0.1) is 34.9 Å². The maximum Gasteiger partial charge on any atom is 0.0998 e. The smallest absolute Gasteiger partial charge is 0.0998 e. The van der Waals surface area contributed by atoms with Crippen molar-refractivity contribution < 1.29 is 0 Å². The molecule has 0 fully saturated rings. The molecule has 0 heterocycles. The second-order valence-corrected chi connectivity index (χ2v) is 3.96. The number of nitrogens with zero attached hydrogens (tertiary/aromatic N) is 3. The molecule has 18 heavy (non-hydrogen) atoms. The molecule has 0 amide bonds. The molecule has 0 radical (unpaired) electrons. The lowest BCUT2D eigenvalue weighted by Gasteiger charge is -2.15. The predicted molar refractivity (Wildman–Crippen MR) is 68.7 cm³/mol. The van der Waals surface area contributed by atoms with Crippen molar-refractivity contribution in [2.24, 2.45) is 0 Å². The lowest BCUT2D eigenvalue weighted by atomic mass is 9.85. The molecule has 90 valence electrons. The predicted octanol–water partition coefficient (Wildman–Crippen LogP) is 2.99. The van der Waals surface area contributed by atoms with E-state index in [0.717, 1.165) is 16.7 Å². The SMILES string of the molecule is CCc1c(C#N)c(CC)c(C#N)c(CC)c1C#N. The van der Waals surface area contributed by atoms with Gasteiger partial charge in [-0.05, 0) is 36.0 Å². The van der Waals surface area contributed by atoms with E-state index in [4.69, 9.17) is 0 Å². The molecule has 0 N–H and O–H groups in total. The molecular weight excluding hydrogens is 222 g/mol. The van der Waals surface area contributed by atoms with Crippen molar-refractivity contribution in [3.63, 3.8) is 0 Å².